The van der Waals surface area contributed by atoms with E-state index in [2.05, 4.69) is 15.3 Å². The number of benzene rings is 1. The van der Waals surface area contributed by atoms with E-state index < -0.39 is 4.92 Å². The van der Waals surface area contributed by atoms with Crippen molar-refractivity contribution in [2.24, 2.45) is 0 Å². The molecule has 3 rings (SSSR count). The van der Waals surface area contributed by atoms with Crippen molar-refractivity contribution in [3.63, 3.8) is 0 Å². The molecule has 0 amide bonds. The lowest BCUT2D eigenvalue weighted by molar-refractivity contribution is -0.383. The number of aromatic nitrogens is 2. The number of nitrogens with one attached hydrogen (secondary N) is 1. The van der Waals surface area contributed by atoms with Gasteiger partial charge < -0.3 is 10.1 Å². The lowest BCUT2D eigenvalue weighted by Crippen LogP contribution is -1.96. The number of non-ortho nitro benzene ring substituents is 1. The zero-order valence-corrected chi connectivity index (χ0v) is 11.7. The molecule has 7 heteroatoms. The fraction of sp³-hybridized carbons (Fsp3) is 0.0667. The molecule has 0 aliphatic rings. The Kier molecular flexibility index (Phi) is 3.53. The Balaban J connectivity index is 1.93. The Labute approximate surface area is 125 Å². The molecule has 110 valence electrons. The van der Waals surface area contributed by atoms with E-state index in [0.29, 0.717) is 22.6 Å². The number of nitro benzene ring substituents is 1. The molecule has 1 aromatic carbocycles. The first-order valence-corrected chi connectivity index (χ1v) is 6.48. The van der Waals surface area contributed by atoms with Crippen LogP contribution in [0.15, 0.2) is 48.7 Å². The minimum atomic E-state index is -0.412. The smallest absolute Gasteiger partial charge is 0.278 e. The van der Waals surface area contributed by atoms with Crippen molar-refractivity contribution in [3.8, 4) is 5.88 Å². The molecule has 0 aliphatic heterocycles. The standard InChI is InChI=1S/C15H12N4O3/c1-22-15-8-5-10(9-16-15)17-14-7-6-11-12(18-14)3-2-4-13(11)19(20)21/h2-9H,1H3,(H,17,18). The molecule has 2 heterocycles. The molecule has 0 aliphatic carbocycles. The number of hydrogen-bond acceptors (Lipinski definition) is 6. The third-order valence-corrected chi connectivity index (χ3v) is 3.12. The van der Waals surface area contributed by atoms with E-state index in [1.807, 2.05) is 6.07 Å². The summed E-state index contributed by atoms with van der Waals surface area (Å²) in [6, 6.07) is 11.7. The topological polar surface area (TPSA) is 90.2 Å². The second-order valence-corrected chi connectivity index (χ2v) is 4.51. The van der Waals surface area contributed by atoms with Crippen LogP contribution in [0.25, 0.3) is 10.9 Å². The third-order valence-electron chi connectivity index (χ3n) is 3.12. The Morgan fingerprint density at radius 2 is 2.05 bits per heavy atom. The number of fused-ring (bicyclic) bond motifs is 1. The summed E-state index contributed by atoms with van der Waals surface area (Å²) in [5.41, 5.74) is 1.35. The number of rotatable bonds is 4. The van der Waals surface area contributed by atoms with Crippen molar-refractivity contribution < 1.29 is 9.66 Å². The summed E-state index contributed by atoms with van der Waals surface area (Å²) >= 11 is 0. The number of methoxy groups -OCH3 is 1. The highest BCUT2D eigenvalue weighted by Gasteiger charge is 2.12. The van der Waals surface area contributed by atoms with E-state index in [1.54, 1.807) is 43.6 Å². The molecule has 0 atom stereocenters. The maximum atomic E-state index is 11.0. The van der Waals surface area contributed by atoms with Gasteiger partial charge in [0.25, 0.3) is 5.69 Å². The normalized spacial score (nSPS) is 10.4. The van der Waals surface area contributed by atoms with Gasteiger partial charge in [-0.3, -0.25) is 10.1 Å². The lowest BCUT2D eigenvalue weighted by atomic mass is 10.2. The van der Waals surface area contributed by atoms with Crippen LogP contribution in [0.5, 0.6) is 5.88 Å². The predicted molar refractivity (Wildman–Crippen MR) is 82.5 cm³/mol. The Morgan fingerprint density at radius 1 is 1.18 bits per heavy atom. The van der Waals surface area contributed by atoms with Gasteiger partial charge in [0, 0.05) is 12.1 Å². The molecule has 2 aromatic heterocycles. The van der Waals surface area contributed by atoms with Crippen LogP contribution >= 0.6 is 0 Å². The predicted octanol–water partition coefficient (Wildman–Crippen LogP) is 3.29. The molecule has 0 spiro atoms. The van der Waals surface area contributed by atoms with Crippen molar-refractivity contribution >= 4 is 28.1 Å². The zero-order chi connectivity index (χ0) is 15.5. The van der Waals surface area contributed by atoms with Gasteiger partial charge >= 0.3 is 0 Å². The highest BCUT2D eigenvalue weighted by atomic mass is 16.6. The van der Waals surface area contributed by atoms with E-state index in [-0.39, 0.29) is 5.69 Å². The first-order chi connectivity index (χ1) is 10.7. The fourth-order valence-electron chi connectivity index (χ4n) is 2.09. The van der Waals surface area contributed by atoms with Gasteiger partial charge in [0.05, 0.1) is 34.8 Å². The van der Waals surface area contributed by atoms with Gasteiger partial charge in [0.2, 0.25) is 5.88 Å². The van der Waals surface area contributed by atoms with Crippen LogP contribution in [0.1, 0.15) is 0 Å². The molecule has 0 saturated carbocycles. The van der Waals surface area contributed by atoms with E-state index in [1.165, 1.54) is 6.07 Å². The van der Waals surface area contributed by atoms with Gasteiger partial charge in [-0.05, 0) is 24.3 Å². The van der Waals surface area contributed by atoms with Crippen LogP contribution in [0.2, 0.25) is 0 Å². The van der Waals surface area contributed by atoms with Gasteiger partial charge in [-0.2, -0.15) is 0 Å². The zero-order valence-electron chi connectivity index (χ0n) is 11.7. The summed E-state index contributed by atoms with van der Waals surface area (Å²) in [6.07, 6.45) is 1.62. The van der Waals surface area contributed by atoms with E-state index in [9.17, 15) is 10.1 Å². The average Bonchev–Trinajstić information content (AvgIpc) is 2.54. The minimum Gasteiger partial charge on any atom is -0.481 e. The quantitative estimate of drug-likeness (QED) is 0.587. The van der Waals surface area contributed by atoms with Crippen molar-refractivity contribution in [2.75, 3.05) is 12.4 Å². The Bertz CT molecular complexity index is 834. The van der Waals surface area contributed by atoms with Crippen molar-refractivity contribution in [2.45, 2.75) is 0 Å². The Hall–Kier alpha value is -3.22. The second-order valence-electron chi connectivity index (χ2n) is 4.51. The van der Waals surface area contributed by atoms with Crippen LogP contribution in [-0.4, -0.2) is 22.0 Å². The van der Waals surface area contributed by atoms with E-state index in [4.69, 9.17) is 4.74 Å². The van der Waals surface area contributed by atoms with Crippen LogP contribution in [0.4, 0.5) is 17.2 Å². The number of nitrogens with zero attached hydrogens (tertiary/aromatic N) is 3. The average molecular weight is 296 g/mol. The minimum absolute atomic E-state index is 0.0441. The van der Waals surface area contributed by atoms with Crippen LogP contribution in [0.3, 0.4) is 0 Å². The van der Waals surface area contributed by atoms with Crippen LogP contribution < -0.4 is 10.1 Å². The van der Waals surface area contributed by atoms with E-state index in [0.717, 1.165) is 5.69 Å². The lowest BCUT2D eigenvalue weighted by Gasteiger charge is -2.07. The summed E-state index contributed by atoms with van der Waals surface area (Å²) in [6.45, 7) is 0. The van der Waals surface area contributed by atoms with Crippen molar-refractivity contribution in [3.05, 3.63) is 58.8 Å². The van der Waals surface area contributed by atoms with Gasteiger partial charge in [0.15, 0.2) is 0 Å². The molecule has 0 fully saturated rings. The van der Waals surface area contributed by atoms with Gasteiger partial charge in [0.1, 0.15) is 5.82 Å². The van der Waals surface area contributed by atoms with Crippen LogP contribution in [0, 0.1) is 10.1 Å². The monoisotopic (exact) mass is 296 g/mol. The molecule has 1 N–H and O–H groups in total. The highest BCUT2D eigenvalue weighted by Crippen LogP contribution is 2.26. The summed E-state index contributed by atoms with van der Waals surface area (Å²) < 4.78 is 4.99. The second kappa shape index (κ2) is 5.65. The molecular weight excluding hydrogens is 284 g/mol. The number of ether oxygens (including phenoxy) is 1. The van der Waals surface area contributed by atoms with E-state index >= 15 is 0 Å². The van der Waals surface area contributed by atoms with Gasteiger partial charge in [-0.1, -0.05) is 6.07 Å². The third kappa shape index (κ3) is 2.64. The SMILES string of the molecule is COc1ccc(Nc2ccc3c([N+](=O)[O-])cccc3n2)cn1. The number of nitro groups is 1. The number of pyridine rings is 2. The number of hydrogen-bond donors (Lipinski definition) is 1. The first-order valence-electron chi connectivity index (χ1n) is 6.48. The van der Waals surface area contributed by atoms with Gasteiger partial charge in [-0.15, -0.1) is 0 Å². The molecule has 0 unspecified atom stereocenters. The molecule has 3 aromatic rings. The largest absolute Gasteiger partial charge is 0.481 e. The molecule has 0 bridgehead atoms. The summed E-state index contributed by atoms with van der Waals surface area (Å²) in [7, 11) is 1.55. The fourth-order valence-corrected chi connectivity index (χ4v) is 2.09. The maximum absolute atomic E-state index is 11.0. The van der Waals surface area contributed by atoms with Crippen molar-refractivity contribution in [1.82, 2.24) is 9.97 Å². The molecule has 7 nitrogen and oxygen atoms in total. The van der Waals surface area contributed by atoms with Gasteiger partial charge in [-0.25, -0.2) is 9.97 Å². The number of anilines is 2. The summed E-state index contributed by atoms with van der Waals surface area (Å²) in [5, 5.41) is 14.6. The molecular formula is C15H12N4O3. The van der Waals surface area contributed by atoms with Crippen molar-refractivity contribution in [1.29, 1.82) is 0 Å². The summed E-state index contributed by atoms with van der Waals surface area (Å²) in [4.78, 5) is 19.1. The Morgan fingerprint density at radius 3 is 2.73 bits per heavy atom. The first kappa shape index (κ1) is 13.7. The highest BCUT2D eigenvalue weighted by molar-refractivity contribution is 5.89. The summed E-state index contributed by atoms with van der Waals surface area (Å²) in [5.74, 6) is 1.10. The maximum Gasteiger partial charge on any atom is 0.278 e. The molecule has 0 saturated heterocycles. The van der Waals surface area contributed by atoms with Crippen LogP contribution in [-0.2, 0) is 0 Å². The molecule has 0 radical (unpaired) electrons. The molecule has 22 heavy (non-hydrogen) atoms.